The summed E-state index contributed by atoms with van der Waals surface area (Å²) >= 11 is 5.75. The minimum atomic E-state index is -0.757. The van der Waals surface area contributed by atoms with Crippen LogP contribution in [0.1, 0.15) is 42.5 Å². The number of nitrogen functional groups attached to an aromatic ring is 1. The third kappa shape index (κ3) is 5.42. The second kappa shape index (κ2) is 8.54. The normalized spacial score (nSPS) is 14.7. The first-order chi connectivity index (χ1) is 11.5. The largest absolute Gasteiger partial charge is 0.452 e. The Hall–Kier alpha value is -2.28. The molecule has 3 amide bonds. The maximum atomic E-state index is 11.9. The Morgan fingerprint density at radius 3 is 2.58 bits per heavy atom. The van der Waals surface area contributed by atoms with Crippen LogP contribution in [-0.4, -0.2) is 30.6 Å². The van der Waals surface area contributed by atoms with E-state index in [9.17, 15) is 14.4 Å². The fraction of sp³-hybridized carbons (Fsp3) is 0.438. The van der Waals surface area contributed by atoms with Crippen molar-refractivity contribution in [3.8, 4) is 0 Å². The van der Waals surface area contributed by atoms with Crippen LogP contribution in [0.5, 0.6) is 0 Å². The van der Waals surface area contributed by atoms with Crippen LogP contribution in [0.3, 0.4) is 0 Å². The maximum absolute atomic E-state index is 11.9. The zero-order valence-electron chi connectivity index (χ0n) is 13.1. The SMILES string of the molecule is Nc1cc(Cl)ccc1C(=O)OCC(=O)NC(=O)NC1CCCCC1. The van der Waals surface area contributed by atoms with Gasteiger partial charge < -0.3 is 15.8 Å². The lowest BCUT2D eigenvalue weighted by molar-refractivity contribution is -0.123. The highest BCUT2D eigenvalue weighted by atomic mass is 35.5. The van der Waals surface area contributed by atoms with E-state index in [1.807, 2.05) is 0 Å². The number of anilines is 1. The third-order valence-corrected chi connectivity index (χ3v) is 4.00. The van der Waals surface area contributed by atoms with E-state index in [0.717, 1.165) is 25.7 Å². The summed E-state index contributed by atoms with van der Waals surface area (Å²) in [5.74, 6) is -1.46. The molecule has 1 fully saturated rings. The predicted octanol–water partition coefficient (Wildman–Crippen LogP) is 2.24. The van der Waals surface area contributed by atoms with Crippen LogP contribution in [0.4, 0.5) is 10.5 Å². The summed E-state index contributed by atoms with van der Waals surface area (Å²) < 4.78 is 4.85. The lowest BCUT2D eigenvalue weighted by atomic mass is 9.96. The van der Waals surface area contributed by atoms with Gasteiger partial charge in [0.05, 0.1) is 5.56 Å². The number of urea groups is 1. The van der Waals surface area contributed by atoms with Gasteiger partial charge in [-0.3, -0.25) is 10.1 Å². The zero-order chi connectivity index (χ0) is 17.5. The lowest BCUT2D eigenvalue weighted by Gasteiger charge is -2.22. The number of imide groups is 1. The van der Waals surface area contributed by atoms with Gasteiger partial charge in [-0.25, -0.2) is 9.59 Å². The monoisotopic (exact) mass is 353 g/mol. The first-order valence-corrected chi connectivity index (χ1v) is 8.16. The minimum Gasteiger partial charge on any atom is -0.452 e. The van der Waals surface area contributed by atoms with Crippen LogP contribution in [-0.2, 0) is 9.53 Å². The van der Waals surface area contributed by atoms with Crippen molar-refractivity contribution in [1.82, 2.24) is 10.6 Å². The van der Waals surface area contributed by atoms with Gasteiger partial charge in [-0.15, -0.1) is 0 Å². The molecule has 24 heavy (non-hydrogen) atoms. The number of rotatable bonds is 4. The summed E-state index contributed by atoms with van der Waals surface area (Å²) in [5, 5.41) is 5.27. The van der Waals surface area contributed by atoms with Gasteiger partial charge in [0.2, 0.25) is 0 Å². The summed E-state index contributed by atoms with van der Waals surface area (Å²) in [4.78, 5) is 35.2. The Bertz CT molecular complexity index is 630. The molecule has 0 saturated heterocycles. The molecule has 0 unspecified atom stereocenters. The number of nitrogens with one attached hydrogen (secondary N) is 2. The number of carbonyl (C=O) groups excluding carboxylic acids is 3. The quantitative estimate of drug-likeness (QED) is 0.568. The van der Waals surface area contributed by atoms with E-state index in [-0.39, 0.29) is 17.3 Å². The number of amides is 3. The molecular weight excluding hydrogens is 334 g/mol. The Morgan fingerprint density at radius 1 is 1.21 bits per heavy atom. The summed E-state index contributed by atoms with van der Waals surface area (Å²) in [5.41, 5.74) is 5.93. The number of ether oxygens (including phenoxy) is 1. The topological polar surface area (TPSA) is 111 Å². The standard InChI is InChI=1S/C16H20ClN3O4/c17-10-6-7-12(13(18)8-10)15(22)24-9-14(21)20-16(23)19-11-4-2-1-3-5-11/h6-8,11H,1-5,9,18H2,(H2,19,20,21,23). The highest BCUT2D eigenvalue weighted by Gasteiger charge is 2.18. The van der Waals surface area contributed by atoms with Crippen LogP contribution in [0.2, 0.25) is 5.02 Å². The molecule has 0 heterocycles. The van der Waals surface area contributed by atoms with E-state index in [1.54, 1.807) is 0 Å². The van der Waals surface area contributed by atoms with Crippen molar-refractivity contribution in [2.75, 3.05) is 12.3 Å². The van der Waals surface area contributed by atoms with Crippen LogP contribution in [0, 0.1) is 0 Å². The van der Waals surface area contributed by atoms with E-state index in [4.69, 9.17) is 22.1 Å². The highest BCUT2D eigenvalue weighted by molar-refractivity contribution is 6.31. The molecule has 4 N–H and O–H groups in total. The predicted molar refractivity (Wildman–Crippen MR) is 89.7 cm³/mol. The highest BCUT2D eigenvalue weighted by Crippen LogP contribution is 2.19. The molecule has 0 aliphatic heterocycles. The number of nitrogens with two attached hydrogens (primary N) is 1. The van der Waals surface area contributed by atoms with Crippen molar-refractivity contribution in [2.45, 2.75) is 38.1 Å². The maximum Gasteiger partial charge on any atom is 0.340 e. The van der Waals surface area contributed by atoms with Crippen molar-refractivity contribution in [3.63, 3.8) is 0 Å². The van der Waals surface area contributed by atoms with E-state index < -0.39 is 24.5 Å². The fourth-order valence-corrected chi connectivity index (χ4v) is 2.74. The Kier molecular flexibility index (Phi) is 6.43. The molecule has 8 heteroatoms. The van der Waals surface area contributed by atoms with Crippen molar-refractivity contribution in [2.24, 2.45) is 0 Å². The number of carbonyl (C=O) groups is 3. The van der Waals surface area contributed by atoms with Crippen molar-refractivity contribution < 1.29 is 19.1 Å². The zero-order valence-corrected chi connectivity index (χ0v) is 13.9. The lowest BCUT2D eigenvalue weighted by Crippen LogP contribution is -2.46. The molecule has 0 atom stereocenters. The summed E-state index contributed by atoms with van der Waals surface area (Å²) in [6.45, 7) is -0.570. The van der Waals surface area contributed by atoms with Gasteiger partial charge in [0, 0.05) is 16.8 Å². The van der Waals surface area contributed by atoms with Gasteiger partial charge in [0.1, 0.15) is 0 Å². The Balaban J connectivity index is 1.75. The third-order valence-electron chi connectivity index (χ3n) is 3.76. The van der Waals surface area contributed by atoms with Gasteiger partial charge in [-0.1, -0.05) is 30.9 Å². The van der Waals surface area contributed by atoms with Crippen LogP contribution >= 0.6 is 11.6 Å². The Morgan fingerprint density at radius 2 is 1.92 bits per heavy atom. The molecule has 0 spiro atoms. The van der Waals surface area contributed by atoms with Gasteiger partial charge >= 0.3 is 12.0 Å². The molecule has 1 aromatic carbocycles. The number of esters is 1. The van der Waals surface area contributed by atoms with Gasteiger partial charge in [-0.05, 0) is 31.0 Å². The first kappa shape index (κ1) is 18.1. The second-order valence-corrected chi connectivity index (χ2v) is 6.10. The fourth-order valence-electron chi connectivity index (χ4n) is 2.56. The molecule has 0 bridgehead atoms. The molecule has 1 aliphatic rings. The summed E-state index contributed by atoms with van der Waals surface area (Å²) in [6.07, 6.45) is 5.12. The molecule has 130 valence electrons. The van der Waals surface area contributed by atoms with Crippen LogP contribution in [0.15, 0.2) is 18.2 Å². The first-order valence-electron chi connectivity index (χ1n) is 7.78. The number of benzene rings is 1. The van der Waals surface area contributed by atoms with Crippen molar-refractivity contribution in [3.05, 3.63) is 28.8 Å². The molecular formula is C16H20ClN3O4. The molecule has 1 aromatic rings. The van der Waals surface area contributed by atoms with Crippen LogP contribution in [0.25, 0.3) is 0 Å². The van der Waals surface area contributed by atoms with Gasteiger partial charge in [-0.2, -0.15) is 0 Å². The van der Waals surface area contributed by atoms with Gasteiger partial charge in [0.15, 0.2) is 6.61 Å². The average molecular weight is 354 g/mol. The van der Waals surface area contributed by atoms with E-state index in [0.29, 0.717) is 5.02 Å². The van der Waals surface area contributed by atoms with E-state index in [1.165, 1.54) is 24.6 Å². The number of halogens is 1. The molecule has 0 aromatic heterocycles. The number of hydrogen-bond donors (Lipinski definition) is 3. The van der Waals surface area contributed by atoms with Gasteiger partial charge in [0.25, 0.3) is 5.91 Å². The summed E-state index contributed by atoms with van der Waals surface area (Å²) in [7, 11) is 0. The van der Waals surface area contributed by atoms with Crippen LogP contribution < -0.4 is 16.4 Å². The minimum absolute atomic E-state index is 0.0861. The Labute approximate surface area is 144 Å². The molecule has 2 rings (SSSR count). The van der Waals surface area contributed by atoms with E-state index >= 15 is 0 Å². The second-order valence-electron chi connectivity index (χ2n) is 5.66. The molecule has 1 aliphatic carbocycles. The van der Waals surface area contributed by atoms with Crippen molar-refractivity contribution in [1.29, 1.82) is 0 Å². The smallest absolute Gasteiger partial charge is 0.340 e. The molecule has 0 radical (unpaired) electrons. The number of hydrogen-bond acceptors (Lipinski definition) is 5. The van der Waals surface area contributed by atoms with E-state index in [2.05, 4.69) is 10.6 Å². The molecule has 7 nitrogen and oxygen atoms in total. The van der Waals surface area contributed by atoms with Crippen molar-refractivity contribution >= 4 is 35.2 Å². The average Bonchev–Trinajstić information content (AvgIpc) is 2.53. The summed E-state index contributed by atoms with van der Waals surface area (Å²) in [6, 6.07) is 3.83. The molecule has 1 saturated carbocycles.